The molecule has 32 heavy (non-hydrogen) atoms. The van der Waals surface area contributed by atoms with E-state index >= 15 is 0 Å². The lowest BCUT2D eigenvalue weighted by Crippen LogP contribution is -2.65. The Labute approximate surface area is 189 Å². The van der Waals surface area contributed by atoms with Gasteiger partial charge in [0.25, 0.3) is 0 Å². The van der Waals surface area contributed by atoms with Crippen molar-refractivity contribution in [2.75, 3.05) is 7.05 Å². The summed E-state index contributed by atoms with van der Waals surface area (Å²) >= 11 is 0. The van der Waals surface area contributed by atoms with Gasteiger partial charge in [-0.1, -0.05) is 26.8 Å². The fraction of sp³-hybridized carbons (Fsp3) is 0.840. The first kappa shape index (κ1) is 23.6. The van der Waals surface area contributed by atoms with E-state index in [-0.39, 0.29) is 22.9 Å². The van der Waals surface area contributed by atoms with Gasteiger partial charge in [-0.2, -0.15) is 13.2 Å². The van der Waals surface area contributed by atoms with Crippen molar-refractivity contribution in [3.8, 4) is 0 Å². The number of carbonyl (C=O) groups is 2. The van der Waals surface area contributed by atoms with E-state index in [0.29, 0.717) is 29.6 Å². The molecule has 180 valence electrons. The summed E-state index contributed by atoms with van der Waals surface area (Å²) in [4.78, 5) is 27.8. The van der Waals surface area contributed by atoms with Gasteiger partial charge in [0, 0.05) is 13.1 Å². The second-order valence-corrected chi connectivity index (χ2v) is 11.6. The molecular weight excluding hydrogens is 417 g/mol. The van der Waals surface area contributed by atoms with Crippen LogP contribution in [0.25, 0.3) is 0 Å². The average Bonchev–Trinajstić information content (AvgIpc) is 3.09. The number of nitrogens with one attached hydrogen (secondary N) is 1. The molecule has 4 rings (SSSR count). The maximum Gasteiger partial charge on any atom is 0.412 e. The highest BCUT2D eigenvalue weighted by atomic mass is 19.4. The van der Waals surface area contributed by atoms with Crippen molar-refractivity contribution in [3.63, 3.8) is 0 Å². The van der Waals surface area contributed by atoms with E-state index in [9.17, 15) is 22.8 Å². The average molecular weight is 455 g/mol. The Hall–Kier alpha value is -1.53. The minimum absolute atomic E-state index is 0.0469. The van der Waals surface area contributed by atoms with Crippen LogP contribution in [0.5, 0.6) is 0 Å². The van der Waals surface area contributed by atoms with Gasteiger partial charge in [-0.3, -0.25) is 9.59 Å². The fourth-order valence-corrected chi connectivity index (χ4v) is 8.21. The van der Waals surface area contributed by atoms with Crippen LogP contribution < -0.4 is 5.32 Å². The number of hydrogen-bond acceptors (Lipinski definition) is 2. The molecule has 1 saturated heterocycles. The van der Waals surface area contributed by atoms with Gasteiger partial charge >= 0.3 is 6.18 Å². The summed E-state index contributed by atoms with van der Waals surface area (Å²) in [7, 11) is 1.73. The molecule has 0 bridgehead atoms. The third-order valence-corrected chi connectivity index (χ3v) is 9.78. The van der Waals surface area contributed by atoms with Gasteiger partial charge in [0.2, 0.25) is 11.8 Å². The molecule has 4 fully saturated rings. The maximum absolute atomic E-state index is 13.4. The van der Waals surface area contributed by atoms with Crippen molar-refractivity contribution in [2.24, 2.45) is 34.5 Å². The third-order valence-electron chi connectivity index (χ3n) is 9.78. The highest BCUT2D eigenvalue weighted by Gasteiger charge is 2.61. The quantitative estimate of drug-likeness (QED) is 0.477. The second-order valence-electron chi connectivity index (χ2n) is 11.6. The van der Waals surface area contributed by atoms with Crippen LogP contribution in [0.3, 0.4) is 0 Å². The SMILES string of the molecule is C=C(C)C(NC(=O)C1C[C@@]2(C)C(CC[C@@H]3[C@H]2CC[C@]2(C)CCC[C@@H]32)N(C)C1=O)C(F)(F)F. The van der Waals surface area contributed by atoms with Crippen molar-refractivity contribution in [1.29, 1.82) is 0 Å². The van der Waals surface area contributed by atoms with Crippen LogP contribution in [-0.2, 0) is 9.59 Å². The Balaban J connectivity index is 1.60. The summed E-state index contributed by atoms with van der Waals surface area (Å²) in [6.07, 6.45) is 3.77. The third kappa shape index (κ3) is 3.58. The van der Waals surface area contributed by atoms with Crippen LogP contribution in [0.2, 0.25) is 0 Å². The van der Waals surface area contributed by atoms with Gasteiger partial charge < -0.3 is 10.2 Å². The summed E-state index contributed by atoms with van der Waals surface area (Å²) in [5, 5.41) is 2.09. The van der Waals surface area contributed by atoms with Crippen LogP contribution in [0, 0.1) is 34.5 Å². The van der Waals surface area contributed by atoms with E-state index < -0.39 is 24.0 Å². The van der Waals surface area contributed by atoms with Crippen molar-refractivity contribution in [1.82, 2.24) is 10.2 Å². The van der Waals surface area contributed by atoms with Gasteiger partial charge in [-0.25, -0.2) is 0 Å². The number of hydrogen-bond donors (Lipinski definition) is 1. The number of alkyl halides is 3. The Morgan fingerprint density at radius 2 is 1.84 bits per heavy atom. The molecule has 2 amide bonds. The summed E-state index contributed by atoms with van der Waals surface area (Å²) in [5.41, 5.74) is -0.0370. The van der Waals surface area contributed by atoms with E-state index in [4.69, 9.17) is 0 Å². The Morgan fingerprint density at radius 3 is 2.47 bits per heavy atom. The molecule has 4 nitrogen and oxygen atoms in total. The molecule has 0 aromatic carbocycles. The molecule has 7 heteroatoms. The van der Waals surface area contributed by atoms with Crippen LogP contribution >= 0.6 is 0 Å². The molecule has 0 spiro atoms. The normalized spacial score (nSPS) is 42.5. The van der Waals surface area contributed by atoms with Crippen LogP contribution in [-0.4, -0.2) is 42.0 Å². The molecule has 1 aliphatic heterocycles. The standard InChI is InChI=1S/C25H37F3N2O2/c1-14(2)20(25(26,27)28)29-21(31)16-13-24(4)18-10-12-23(3)11-6-7-17(23)15(18)8-9-19(24)30(5)22(16)32/h15-20H,1,6-13H2,2-5H3,(H,29,31)/t15-,16?,17-,18+,19?,20?,23-,24+/m0/s1. The lowest BCUT2D eigenvalue weighted by molar-refractivity contribution is -0.173. The number of nitrogens with zero attached hydrogens (tertiary/aromatic N) is 1. The first-order chi connectivity index (χ1) is 14.8. The number of rotatable bonds is 3. The molecule has 8 atom stereocenters. The van der Waals surface area contributed by atoms with E-state index in [0.717, 1.165) is 19.3 Å². The van der Waals surface area contributed by atoms with Crippen molar-refractivity contribution >= 4 is 11.8 Å². The van der Waals surface area contributed by atoms with Gasteiger partial charge in [0.1, 0.15) is 12.0 Å². The summed E-state index contributed by atoms with van der Waals surface area (Å²) in [6.45, 7) is 9.26. The summed E-state index contributed by atoms with van der Waals surface area (Å²) < 4.78 is 40.3. The Bertz CT molecular complexity index is 811. The molecule has 0 aromatic rings. The molecule has 1 heterocycles. The molecule has 0 radical (unpaired) electrons. The monoisotopic (exact) mass is 454 g/mol. The van der Waals surface area contributed by atoms with Gasteiger partial charge in [-0.05, 0) is 86.0 Å². The zero-order chi connectivity index (χ0) is 23.6. The molecular formula is C25H37F3N2O2. The van der Waals surface area contributed by atoms with Crippen LogP contribution in [0.15, 0.2) is 12.2 Å². The van der Waals surface area contributed by atoms with Crippen molar-refractivity contribution in [3.05, 3.63) is 12.2 Å². The van der Waals surface area contributed by atoms with Gasteiger partial charge in [0.05, 0.1) is 0 Å². The number of carbonyl (C=O) groups excluding carboxylic acids is 2. The largest absolute Gasteiger partial charge is 0.412 e. The molecule has 3 saturated carbocycles. The number of fused-ring (bicyclic) bond motifs is 5. The summed E-state index contributed by atoms with van der Waals surface area (Å²) in [5.74, 6) is -0.583. The smallest absolute Gasteiger partial charge is 0.342 e. The molecule has 1 N–H and O–H groups in total. The predicted octanol–water partition coefficient (Wildman–Crippen LogP) is 5.09. The Morgan fingerprint density at radius 1 is 1.16 bits per heavy atom. The first-order valence-electron chi connectivity index (χ1n) is 12.1. The van der Waals surface area contributed by atoms with E-state index in [1.54, 1.807) is 11.9 Å². The maximum atomic E-state index is 13.4. The van der Waals surface area contributed by atoms with Gasteiger partial charge in [-0.15, -0.1) is 0 Å². The zero-order valence-corrected chi connectivity index (χ0v) is 19.7. The van der Waals surface area contributed by atoms with Crippen LogP contribution in [0.4, 0.5) is 13.2 Å². The topological polar surface area (TPSA) is 49.4 Å². The molecule has 4 aliphatic rings. The second kappa shape index (κ2) is 7.76. The van der Waals surface area contributed by atoms with E-state index in [1.165, 1.54) is 32.6 Å². The number of halogens is 3. The number of amides is 2. The molecule has 3 unspecified atom stereocenters. The lowest BCUT2D eigenvalue weighted by atomic mass is 9.47. The zero-order valence-electron chi connectivity index (χ0n) is 19.7. The fourth-order valence-electron chi connectivity index (χ4n) is 8.21. The number of piperidine rings is 1. The van der Waals surface area contributed by atoms with Crippen molar-refractivity contribution in [2.45, 2.75) is 90.4 Å². The lowest BCUT2D eigenvalue weighted by Gasteiger charge is -2.62. The predicted molar refractivity (Wildman–Crippen MR) is 116 cm³/mol. The van der Waals surface area contributed by atoms with E-state index in [2.05, 4.69) is 25.7 Å². The highest BCUT2D eigenvalue weighted by molar-refractivity contribution is 6.01. The van der Waals surface area contributed by atoms with Crippen molar-refractivity contribution < 1.29 is 22.8 Å². The van der Waals surface area contributed by atoms with Crippen LogP contribution in [0.1, 0.15) is 72.1 Å². The number of likely N-dealkylation sites (tertiary alicyclic amines) is 1. The Kier molecular flexibility index (Phi) is 5.73. The first-order valence-corrected chi connectivity index (χ1v) is 12.1. The van der Waals surface area contributed by atoms with E-state index in [1.807, 2.05) is 0 Å². The summed E-state index contributed by atoms with van der Waals surface area (Å²) in [6, 6.07) is -2.09. The minimum Gasteiger partial charge on any atom is -0.342 e. The highest BCUT2D eigenvalue weighted by Crippen LogP contribution is 2.65. The molecule has 3 aliphatic carbocycles. The molecule has 0 aromatic heterocycles. The van der Waals surface area contributed by atoms with Gasteiger partial charge in [0.15, 0.2) is 0 Å². The minimum atomic E-state index is -4.64.